The van der Waals surface area contributed by atoms with Gasteiger partial charge in [-0.2, -0.15) is 0 Å². The van der Waals surface area contributed by atoms with E-state index < -0.39 is 0 Å². The van der Waals surface area contributed by atoms with E-state index in [2.05, 4.69) is 22.4 Å². The van der Waals surface area contributed by atoms with Gasteiger partial charge in [-0.1, -0.05) is 11.6 Å². The number of rotatable bonds is 2. The van der Waals surface area contributed by atoms with Crippen LogP contribution >= 0.6 is 22.9 Å². The highest BCUT2D eigenvalue weighted by atomic mass is 35.5. The fourth-order valence-corrected chi connectivity index (χ4v) is 1.55. The summed E-state index contributed by atoms with van der Waals surface area (Å²) in [5.41, 5.74) is 1.12. The molecule has 62 valence electrons. The van der Waals surface area contributed by atoms with Gasteiger partial charge in [-0.3, -0.25) is 0 Å². The van der Waals surface area contributed by atoms with Crippen LogP contribution in [-0.4, -0.2) is 11.7 Å². The van der Waals surface area contributed by atoms with Crippen LogP contribution in [0.15, 0.2) is 11.4 Å². The van der Waals surface area contributed by atoms with Crippen molar-refractivity contribution in [2.75, 3.05) is 6.61 Å². The summed E-state index contributed by atoms with van der Waals surface area (Å²) in [7, 11) is 0. The van der Waals surface area contributed by atoms with Crippen LogP contribution in [0, 0.1) is 0 Å². The van der Waals surface area contributed by atoms with E-state index in [0.717, 1.165) is 9.90 Å². The summed E-state index contributed by atoms with van der Waals surface area (Å²) in [5, 5.41) is 10.4. The third-order valence-corrected chi connectivity index (χ3v) is 2.16. The molecule has 0 radical (unpaired) electrons. The molecule has 0 bridgehead atoms. The monoisotopic (exact) mass is 226 g/mol. The Morgan fingerprint density at radius 3 is 2.55 bits per heavy atom. The minimum absolute atomic E-state index is 0.201. The highest BCUT2D eigenvalue weighted by Crippen LogP contribution is 2.19. The maximum Gasteiger partial charge on any atom is 0.0931 e. The molecule has 0 spiro atoms. The third kappa shape index (κ3) is 4.76. The van der Waals surface area contributed by atoms with E-state index in [-0.39, 0.29) is 6.61 Å². The van der Waals surface area contributed by atoms with Crippen LogP contribution in [-0.2, 0) is 28.8 Å². The van der Waals surface area contributed by atoms with E-state index in [1.807, 2.05) is 11.4 Å². The first-order valence-electron chi connectivity index (χ1n) is 2.83. The largest absolute Gasteiger partial charge is 0.396 e. The Bertz CT molecular complexity index is 201. The fourth-order valence-electron chi connectivity index (χ4n) is 0.606. The van der Waals surface area contributed by atoms with Gasteiger partial charge < -0.3 is 5.11 Å². The Morgan fingerprint density at radius 1 is 1.55 bits per heavy atom. The van der Waals surface area contributed by atoms with Gasteiger partial charge >= 0.3 is 0 Å². The van der Waals surface area contributed by atoms with Crippen LogP contribution in [0.5, 0.6) is 0 Å². The number of thiophene rings is 1. The zero-order valence-electron chi connectivity index (χ0n) is 5.62. The lowest BCUT2D eigenvalue weighted by Crippen LogP contribution is -1.85. The predicted molar refractivity (Wildman–Crippen MR) is 54.8 cm³/mol. The van der Waals surface area contributed by atoms with E-state index >= 15 is 0 Å². The Hall–Kier alpha value is 0.390. The van der Waals surface area contributed by atoms with Crippen molar-refractivity contribution >= 4 is 45.3 Å². The molecule has 1 heterocycles. The lowest BCUT2D eigenvalue weighted by molar-refractivity contribution is 0.300. The highest BCUT2D eigenvalue weighted by molar-refractivity contribution is 8.07. The molecule has 0 unspecified atom stereocenters. The fraction of sp³-hybridized carbons (Fsp3) is 0.333. The molecule has 0 saturated carbocycles. The average molecular weight is 227 g/mol. The average Bonchev–Trinajstić information content (AvgIpc) is 2.41. The lowest BCUT2D eigenvalue weighted by Gasteiger charge is -1.86. The standard InChI is InChI=1S/C6H7ClOS.S2/c7-6-3-5(1-2-8)4-9-6;1-2/h3-4,8H,1-2H2;. The van der Waals surface area contributed by atoms with E-state index in [1.54, 1.807) is 0 Å². The molecule has 1 aromatic rings. The van der Waals surface area contributed by atoms with Gasteiger partial charge in [0, 0.05) is 29.0 Å². The molecule has 0 aromatic carbocycles. The van der Waals surface area contributed by atoms with Crippen molar-refractivity contribution in [3.8, 4) is 0 Å². The number of halogens is 1. The molecule has 5 heteroatoms. The molecule has 1 N–H and O–H groups in total. The van der Waals surface area contributed by atoms with Crippen LogP contribution < -0.4 is 0 Å². The topological polar surface area (TPSA) is 20.2 Å². The van der Waals surface area contributed by atoms with Gasteiger partial charge in [0.25, 0.3) is 0 Å². The van der Waals surface area contributed by atoms with Crippen molar-refractivity contribution in [3.05, 3.63) is 21.3 Å². The van der Waals surface area contributed by atoms with Crippen molar-refractivity contribution in [2.45, 2.75) is 6.42 Å². The van der Waals surface area contributed by atoms with Crippen LogP contribution in [0.25, 0.3) is 0 Å². The number of hydrogen-bond donors (Lipinski definition) is 1. The zero-order valence-corrected chi connectivity index (χ0v) is 8.82. The van der Waals surface area contributed by atoms with Crippen LogP contribution in [0.2, 0.25) is 4.34 Å². The van der Waals surface area contributed by atoms with E-state index in [1.165, 1.54) is 11.3 Å². The molecule has 0 aliphatic heterocycles. The molecular formula is C6H7ClOS3. The zero-order chi connectivity index (χ0) is 8.69. The van der Waals surface area contributed by atoms with Crippen molar-refractivity contribution in [2.24, 2.45) is 0 Å². The normalized spacial score (nSPS) is 8.55. The summed E-state index contributed by atoms with van der Waals surface area (Å²) in [4.78, 5) is 0. The van der Waals surface area contributed by atoms with Gasteiger partial charge in [-0.15, -0.1) is 11.3 Å². The summed E-state index contributed by atoms with van der Waals surface area (Å²) < 4.78 is 0.790. The van der Waals surface area contributed by atoms with Crippen molar-refractivity contribution < 1.29 is 5.11 Å². The van der Waals surface area contributed by atoms with Crippen molar-refractivity contribution in [1.82, 2.24) is 0 Å². The predicted octanol–water partition coefficient (Wildman–Crippen LogP) is 1.93. The molecule has 11 heavy (non-hydrogen) atoms. The van der Waals surface area contributed by atoms with Gasteiger partial charge in [0.15, 0.2) is 0 Å². The van der Waals surface area contributed by atoms with Gasteiger partial charge in [-0.05, 0) is 23.4 Å². The van der Waals surface area contributed by atoms with E-state index in [9.17, 15) is 0 Å². The van der Waals surface area contributed by atoms with E-state index in [4.69, 9.17) is 16.7 Å². The summed E-state index contributed by atoms with van der Waals surface area (Å²) in [5.74, 6) is 0. The summed E-state index contributed by atoms with van der Waals surface area (Å²) in [6.07, 6.45) is 0.712. The molecule has 0 aliphatic carbocycles. The second kappa shape index (κ2) is 7.06. The van der Waals surface area contributed by atoms with Crippen LogP contribution in [0.1, 0.15) is 5.56 Å². The Labute approximate surface area is 84.7 Å². The first-order valence-corrected chi connectivity index (χ1v) is 5.42. The first-order chi connectivity index (χ1) is 5.33. The lowest BCUT2D eigenvalue weighted by atomic mass is 10.3. The molecule has 0 fully saturated rings. The number of hydrogen-bond acceptors (Lipinski definition) is 4. The second-order valence-electron chi connectivity index (χ2n) is 1.73. The van der Waals surface area contributed by atoms with Crippen LogP contribution in [0.3, 0.4) is 0 Å². The quantitative estimate of drug-likeness (QED) is 0.833. The first kappa shape index (κ1) is 11.4. The Kier molecular flexibility index (Phi) is 7.31. The highest BCUT2D eigenvalue weighted by Gasteiger charge is 1.94. The van der Waals surface area contributed by atoms with Gasteiger partial charge in [0.05, 0.1) is 4.34 Å². The minimum atomic E-state index is 0.201. The molecule has 0 aliphatic rings. The maximum absolute atomic E-state index is 8.49. The van der Waals surface area contributed by atoms with Gasteiger partial charge in [-0.25, -0.2) is 0 Å². The molecule has 1 rings (SSSR count). The van der Waals surface area contributed by atoms with Crippen molar-refractivity contribution in [3.63, 3.8) is 0 Å². The van der Waals surface area contributed by atoms with Gasteiger partial charge in [0.1, 0.15) is 0 Å². The third-order valence-electron chi connectivity index (χ3n) is 1.02. The maximum atomic E-state index is 8.49. The second-order valence-corrected chi connectivity index (χ2v) is 3.28. The molecule has 1 aromatic heterocycles. The summed E-state index contributed by atoms with van der Waals surface area (Å²) >= 11 is 14.5. The molecular weight excluding hydrogens is 220 g/mol. The Morgan fingerprint density at radius 2 is 2.18 bits per heavy atom. The minimum Gasteiger partial charge on any atom is -0.396 e. The molecule has 0 saturated heterocycles. The molecule has 0 atom stereocenters. The molecule has 0 amide bonds. The smallest absolute Gasteiger partial charge is 0.0931 e. The van der Waals surface area contributed by atoms with E-state index in [0.29, 0.717) is 6.42 Å². The number of aliphatic hydroxyl groups is 1. The SMILES string of the molecule is OCCc1csc(Cl)c1.S=S. The van der Waals surface area contributed by atoms with Gasteiger partial charge in [0.2, 0.25) is 0 Å². The number of aliphatic hydroxyl groups excluding tert-OH is 1. The van der Waals surface area contributed by atoms with Crippen LogP contribution in [0.4, 0.5) is 0 Å². The summed E-state index contributed by atoms with van der Waals surface area (Å²) in [6, 6.07) is 1.88. The summed E-state index contributed by atoms with van der Waals surface area (Å²) in [6.45, 7) is 0.201. The molecule has 1 nitrogen and oxygen atoms in total. The Balaban J connectivity index is 0.000000461. The van der Waals surface area contributed by atoms with Crippen molar-refractivity contribution in [1.29, 1.82) is 0 Å².